The molecular weight excluding hydrogens is 280 g/mol. The zero-order valence-corrected chi connectivity index (χ0v) is 13.5. The lowest BCUT2D eigenvalue weighted by molar-refractivity contribution is 0.0871. The van der Waals surface area contributed by atoms with Gasteiger partial charge in [0.15, 0.2) is 0 Å². The Morgan fingerprint density at radius 3 is 2.79 bits per heavy atom. The quantitative estimate of drug-likeness (QED) is 0.685. The first kappa shape index (κ1) is 15.2. The molecule has 1 fully saturated rings. The molecule has 0 radical (unpaired) electrons. The zero-order valence-electron chi connectivity index (χ0n) is 11.9. The molecular formula is C14H23ClN2OS. The summed E-state index contributed by atoms with van der Waals surface area (Å²) in [6, 6.07) is 0.946. The fourth-order valence-corrected chi connectivity index (χ4v) is 3.64. The van der Waals surface area contributed by atoms with Crippen LogP contribution >= 0.6 is 22.9 Å². The van der Waals surface area contributed by atoms with Crippen molar-refractivity contribution in [1.82, 2.24) is 9.88 Å². The number of nitrogens with zero attached hydrogens (tertiary/aromatic N) is 2. The first-order valence-electron chi connectivity index (χ1n) is 6.92. The van der Waals surface area contributed by atoms with Crippen LogP contribution in [0.2, 0.25) is 0 Å². The maximum Gasteiger partial charge on any atom is 0.110 e. The van der Waals surface area contributed by atoms with E-state index in [9.17, 15) is 0 Å². The SMILES string of the molecule is COCCN(C(C)c1nc(CCl)cs1)C(C)C1CC1. The van der Waals surface area contributed by atoms with Crippen LogP contribution in [0.4, 0.5) is 0 Å². The van der Waals surface area contributed by atoms with Crippen LogP contribution in [0.1, 0.15) is 43.4 Å². The van der Waals surface area contributed by atoms with Gasteiger partial charge in [0.2, 0.25) is 0 Å². The molecule has 1 aromatic heterocycles. The van der Waals surface area contributed by atoms with Crippen LogP contribution in [0, 0.1) is 5.92 Å². The van der Waals surface area contributed by atoms with E-state index < -0.39 is 0 Å². The molecule has 1 aromatic rings. The van der Waals surface area contributed by atoms with Crippen LogP contribution < -0.4 is 0 Å². The van der Waals surface area contributed by atoms with E-state index in [1.54, 1.807) is 18.4 Å². The number of hydrogen-bond donors (Lipinski definition) is 0. The van der Waals surface area contributed by atoms with Gasteiger partial charge in [0.25, 0.3) is 0 Å². The molecule has 2 atom stereocenters. The fraction of sp³-hybridized carbons (Fsp3) is 0.786. The lowest BCUT2D eigenvalue weighted by atomic mass is 10.1. The maximum atomic E-state index is 5.84. The Kier molecular flexibility index (Phi) is 5.63. The van der Waals surface area contributed by atoms with Crippen molar-refractivity contribution >= 4 is 22.9 Å². The van der Waals surface area contributed by atoms with Crippen LogP contribution in [0.15, 0.2) is 5.38 Å². The molecule has 0 amide bonds. The minimum absolute atomic E-state index is 0.340. The Bertz CT molecular complexity index is 395. The standard InChI is InChI=1S/C14H23ClN2OS/c1-10(12-4-5-12)17(6-7-18-3)11(2)14-16-13(8-15)9-19-14/h9-12H,4-8H2,1-3H3. The molecule has 2 unspecified atom stereocenters. The summed E-state index contributed by atoms with van der Waals surface area (Å²) in [5.41, 5.74) is 0.985. The number of aromatic nitrogens is 1. The number of thiazole rings is 1. The van der Waals surface area contributed by atoms with Crippen molar-refractivity contribution in [2.24, 2.45) is 5.92 Å². The third kappa shape index (κ3) is 3.91. The molecule has 1 aliphatic carbocycles. The van der Waals surface area contributed by atoms with Gasteiger partial charge in [-0.1, -0.05) is 0 Å². The highest BCUT2D eigenvalue weighted by Gasteiger charge is 2.34. The summed E-state index contributed by atoms with van der Waals surface area (Å²) in [4.78, 5) is 7.15. The van der Waals surface area contributed by atoms with Gasteiger partial charge in [0.05, 0.1) is 24.2 Å². The second kappa shape index (κ2) is 7.02. The average Bonchev–Trinajstić information content (AvgIpc) is 3.16. The van der Waals surface area contributed by atoms with Gasteiger partial charge in [-0.05, 0) is 32.6 Å². The molecule has 0 N–H and O–H groups in total. The number of alkyl halides is 1. The molecule has 3 nitrogen and oxygen atoms in total. The van der Waals surface area contributed by atoms with Crippen LogP contribution in [0.3, 0.4) is 0 Å². The van der Waals surface area contributed by atoms with E-state index in [1.165, 1.54) is 17.8 Å². The van der Waals surface area contributed by atoms with Crippen molar-refractivity contribution in [1.29, 1.82) is 0 Å². The number of rotatable bonds is 8. The molecule has 1 saturated carbocycles. The highest BCUT2D eigenvalue weighted by atomic mass is 35.5. The van der Waals surface area contributed by atoms with Crippen LogP contribution in [0.5, 0.6) is 0 Å². The molecule has 5 heteroatoms. The van der Waals surface area contributed by atoms with E-state index in [0.717, 1.165) is 24.8 Å². The molecule has 1 heterocycles. The van der Waals surface area contributed by atoms with Crippen molar-refractivity contribution < 1.29 is 4.74 Å². The van der Waals surface area contributed by atoms with E-state index in [0.29, 0.717) is 18.0 Å². The third-order valence-electron chi connectivity index (χ3n) is 3.94. The van der Waals surface area contributed by atoms with Crippen molar-refractivity contribution in [3.05, 3.63) is 16.1 Å². The van der Waals surface area contributed by atoms with Crippen LogP contribution in [0.25, 0.3) is 0 Å². The fourth-order valence-electron chi connectivity index (χ4n) is 2.51. The zero-order chi connectivity index (χ0) is 13.8. The highest BCUT2D eigenvalue weighted by molar-refractivity contribution is 7.09. The molecule has 108 valence electrons. The van der Waals surface area contributed by atoms with Gasteiger partial charge >= 0.3 is 0 Å². The summed E-state index contributed by atoms with van der Waals surface area (Å²) >= 11 is 7.56. The van der Waals surface area contributed by atoms with Crippen molar-refractivity contribution in [2.75, 3.05) is 20.3 Å². The Hall–Kier alpha value is -0.160. The van der Waals surface area contributed by atoms with Gasteiger partial charge in [-0.2, -0.15) is 0 Å². The van der Waals surface area contributed by atoms with E-state index in [-0.39, 0.29) is 0 Å². The molecule has 2 rings (SSSR count). The highest BCUT2D eigenvalue weighted by Crippen LogP contribution is 2.38. The lowest BCUT2D eigenvalue weighted by Gasteiger charge is -2.33. The molecule has 0 spiro atoms. The Morgan fingerprint density at radius 2 is 2.26 bits per heavy atom. The smallest absolute Gasteiger partial charge is 0.110 e. The summed E-state index contributed by atoms with van der Waals surface area (Å²) in [6.45, 7) is 6.31. The maximum absolute atomic E-state index is 5.84. The van der Waals surface area contributed by atoms with Crippen molar-refractivity contribution in [3.8, 4) is 0 Å². The van der Waals surface area contributed by atoms with Crippen LogP contribution in [-0.4, -0.2) is 36.2 Å². The van der Waals surface area contributed by atoms with Gasteiger partial charge in [0.1, 0.15) is 5.01 Å². The van der Waals surface area contributed by atoms with Gasteiger partial charge in [-0.3, -0.25) is 4.90 Å². The second-order valence-electron chi connectivity index (χ2n) is 5.30. The van der Waals surface area contributed by atoms with E-state index in [4.69, 9.17) is 16.3 Å². The second-order valence-corrected chi connectivity index (χ2v) is 6.45. The summed E-state index contributed by atoms with van der Waals surface area (Å²) in [6.07, 6.45) is 2.73. The molecule has 0 saturated heterocycles. The molecule has 1 aliphatic rings. The van der Waals surface area contributed by atoms with Gasteiger partial charge < -0.3 is 4.74 Å². The monoisotopic (exact) mass is 302 g/mol. The van der Waals surface area contributed by atoms with E-state index >= 15 is 0 Å². The Balaban J connectivity index is 2.06. The average molecular weight is 303 g/mol. The Labute approximate surface area is 124 Å². The summed E-state index contributed by atoms with van der Waals surface area (Å²) in [7, 11) is 1.76. The van der Waals surface area contributed by atoms with Crippen molar-refractivity contribution in [2.45, 2.75) is 44.7 Å². The number of hydrogen-bond acceptors (Lipinski definition) is 4. The molecule has 19 heavy (non-hydrogen) atoms. The first-order valence-corrected chi connectivity index (χ1v) is 8.33. The van der Waals surface area contributed by atoms with E-state index in [1.807, 2.05) is 0 Å². The topological polar surface area (TPSA) is 25.4 Å². The lowest BCUT2D eigenvalue weighted by Crippen LogP contribution is -2.39. The number of ether oxygens (including phenoxy) is 1. The predicted molar refractivity (Wildman–Crippen MR) is 80.9 cm³/mol. The normalized spacial score (nSPS) is 18.8. The van der Waals surface area contributed by atoms with Crippen LogP contribution in [-0.2, 0) is 10.6 Å². The third-order valence-corrected chi connectivity index (χ3v) is 5.28. The van der Waals surface area contributed by atoms with Gasteiger partial charge in [-0.25, -0.2) is 4.98 Å². The first-order chi connectivity index (χ1) is 9.17. The Morgan fingerprint density at radius 1 is 1.53 bits per heavy atom. The van der Waals surface area contributed by atoms with Gasteiger partial charge in [-0.15, -0.1) is 22.9 Å². The largest absolute Gasteiger partial charge is 0.383 e. The number of halogens is 1. The summed E-state index contributed by atoms with van der Waals surface area (Å²) in [5, 5.41) is 3.23. The molecule has 0 bridgehead atoms. The molecule has 0 aliphatic heterocycles. The number of methoxy groups -OCH3 is 1. The van der Waals surface area contributed by atoms with Gasteiger partial charge in [0, 0.05) is 25.1 Å². The van der Waals surface area contributed by atoms with E-state index in [2.05, 4.69) is 29.1 Å². The summed E-state index contributed by atoms with van der Waals surface area (Å²) < 4.78 is 5.26. The predicted octanol–water partition coefficient (Wildman–Crippen LogP) is 3.69. The molecule has 0 aromatic carbocycles. The summed E-state index contributed by atoms with van der Waals surface area (Å²) in [5.74, 6) is 1.35. The van der Waals surface area contributed by atoms with Crippen molar-refractivity contribution in [3.63, 3.8) is 0 Å². The minimum Gasteiger partial charge on any atom is -0.383 e. The minimum atomic E-state index is 0.340.